The molecule has 0 radical (unpaired) electrons. The summed E-state index contributed by atoms with van der Waals surface area (Å²) < 4.78 is 10.8. The SMILES string of the molecule is CN(C[C@H]1COCCO1)C(=O)NCCc1ccccc1. The van der Waals surface area contributed by atoms with E-state index in [0.717, 1.165) is 6.42 Å². The topological polar surface area (TPSA) is 50.8 Å². The van der Waals surface area contributed by atoms with E-state index < -0.39 is 0 Å². The summed E-state index contributed by atoms with van der Waals surface area (Å²) in [5.74, 6) is 0. The van der Waals surface area contributed by atoms with Crippen LogP contribution < -0.4 is 5.32 Å². The summed E-state index contributed by atoms with van der Waals surface area (Å²) in [5.41, 5.74) is 1.22. The van der Waals surface area contributed by atoms with Gasteiger partial charge < -0.3 is 19.7 Å². The van der Waals surface area contributed by atoms with Gasteiger partial charge in [0.1, 0.15) is 0 Å². The Balaban J connectivity index is 1.65. The van der Waals surface area contributed by atoms with Gasteiger partial charge in [-0.2, -0.15) is 0 Å². The number of hydrogen-bond acceptors (Lipinski definition) is 3. The molecule has 0 aromatic heterocycles. The van der Waals surface area contributed by atoms with Gasteiger partial charge in [0.25, 0.3) is 0 Å². The largest absolute Gasteiger partial charge is 0.376 e. The van der Waals surface area contributed by atoms with Crippen LogP contribution in [0.1, 0.15) is 5.56 Å². The zero-order chi connectivity index (χ0) is 14.2. The molecule has 1 heterocycles. The third-order valence-corrected chi connectivity index (χ3v) is 3.24. The van der Waals surface area contributed by atoms with Gasteiger partial charge in [-0.1, -0.05) is 30.3 Å². The first-order chi connectivity index (χ1) is 9.75. The Morgan fingerprint density at radius 1 is 1.35 bits per heavy atom. The zero-order valence-corrected chi connectivity index (χ0v) is 11.9. The lowest BCUT2D eigenvalue weighted by molar-refractivity contribution is -0.0928. The first-order valence-electron chi connectivity index (χ1n) is 6.98. The van der Waals surface area contributed by atoms with Crippen LogP contribution in [0.2, 0.25) is 0 Å². The molecule has 1 aromatic carbocycles. The minimum Gasteiger partial charge on any atom is -0.376 e. The van der Waals surface area contributed by atoms with Crippen molar-refractivity contribution in [2.45, 2.75) is 12.5 Å². The van der Waals surface area contributed by atoms with E-state index in [0.29, 0.717) is 32.9 Å². The second kappa shape index (κ2) is 7.87. The molecule has 5 nitrogen and oxygen atoms in total. The molecule has 1 aliphatic rings. The van der Waals surface area contributed by atoms with Crippen LogP contribution in [0.4, 0.5) is 4.79 Å². The lowest BCUT2D eigenvalue weighted by Gasteiger charge is -2.27. The summed E-state index contributed by atoms with van der Waals surface area (Å²) in [7, 11) is 1.77. The lowest BCUT2D eigenvalue weighted by atomic mass is 10.1. The minimum absolute atomic E-state index is 0.0198. The average Bonchev–Trinajstić information content (AvgIpc) is 2.49. The number of nitrogens with zero attached hydrogens (tertiary/aromatic N) is 1. The van der Waals surface area contributed by atoms with E-state index >= 15 is 0 Å². The van der Waals surface area contributed by atoms with Gasteiger partial charge in [0, 0.05) is 13.6 Å². The van der Waals surface area contributed by atoms with Gasteiger partial charge in [0.15, 0.2) is 0 Å². The lowest BCUT2D eigenvalue weighted by Crippen LogP contribution is -2.45. The Labute approximate surface area is 119 Å². The summed E-state index contributed by atoms with van der Waals surface area (Å²) in [5, 5.41) is 2.91. The number of benzene rings is 1. The van der Waals surface area contributed by atoms with Crippen LogP contribution in [0.3, 0.4) is 0 Å². The smallest absolute Gasteiger partial charge is 0.317 e. The summed E-state index contributed by atoms with van der Waals surface area (Å²) in [6.45, 7) is 2.99. The molecule has 5 heteroatoms. The highest BCUT2D eigenvalue weighted by molar-refractivity contribution is 5.73. The molecule has 1 atom stereocenters. The maximum atomic E-state index is 11.9. The van der Waals surface area contributed by atoms with Crippen molar-refractivity contribution in [3.8, 4) is 0 Å². The van der Waals surface area contributed by atoms with Gasteiger partial charge in [-0.3, -0.25) is 0 Å². The number of rotatable bonds is 5. The number of nitrogens with one attached hydrogen (secondary N) is 1. The fourth-order valence-corrected chi connectivity index (χ4v) is 2.12. The molecule has 20 heavy (non-hydrogen) atoms. The molecule has 0 saturated carbocycles. The normalized spacial score (nSPS) is 18.6. The monoisotopic (exact) mass is 278 g/mol. The molecule has 0 bridgehead atoms. The van der Waals surface area contributed by atoms with Crippen LogP contribution in [0.25, 0.3) is 0 Å². The van der Waals surface area contributed by atoms with E-state index in [1.807, 2.05) is 18.2 Å². The molecule has 2 amide bonds. The van der Waals surface area contributed by atoms with Crippen LogP contribution in [0.5, 0.6) is 0 Å². The van der Waals surface area contributed by atoms with Gasteiger partial charge >= 0.3 is 6.03 Å². The van der Waals surface area contributed by atoms with Crippen LogP contribution in [0, 0.1) is 0 Å². The predicted molar refractivity (Wildman–Crippen MR) is 76.7 cm³/mol. The van der Waals surface area contributed by atoms with E-state index in [1.54, 1.807) is 11.9 Å². The molecule has 0 aliphatic carbocycles. The fraction of sp³-hybridized carbons (Fsp3) is 0.533. The molecule has 1 saturated heterocycles. The molecule has 2 rings (SSSR count). The Kier molecular flexibility index (Phi) is 5.83. The number of amides is 2. The average molecular weight is 278 g/mol. The third-order valence-electron chi connectivity index (χ3n) is 3.24. The molecule has 110 valence electrons. The maximum Gasteiger partial charge on any atom is 0.317 e. The molecule has 0 unspecified atom stereocenters. The minimum atomic E-state index is -0.0740. The van der Waals surface area contributed by atoms with Crippen molar-refractivity contribution in [2.24, 2.45) is 0 Å². The highest BCUT2D eigenvalue weighted by Gasteiger charge is 2.18. The zero-order valence-electron chi connectivity index (χ0n) is 11.9. The summed E-state index contributed by atoms with van der Waals surface area (Å²) in [6, 6.07) is 10.0. The first-order valence-corrected chi connectivity index (χ1v) is 6.98. The Morgan fingerprint density at radius 3 is 2.85 bits per heavy atom. The highest BCUT2D eigenvalue weighted by Crippen LogP contribution is 2.03. The van der Waals surface area contributed by atoms with Crippen molar-refractivity contribution in [3.63, 3.8) is 0 Å². The van der Waals surface area contributed by atoms with Crippen molar-refractivity contribution in [1.29, 1.82) is 0 Å². The standard InChI is InChI=1S/C15H22N2O3/c1-17(11-14-12-19-9-10-20-14)15(18)16-8-7-13-5-3-2-4-6-13/h2-6,14H,7-12H2,1H3,(H,16,18)/t14-/m0/s1. The first kappa shape index (κ1) is 14.8. The van der Waals surface area contributed by atoms with Crippen molar-refractivity contribution >= 4 is 6.03 Å². The van der Waals surface area contributed by atoms with E-state index in [-0.39, 0.29) is 12.1 Å². The highest BCUT2D eigenvalue weighted by atomic mass is 16.6. The van der Waals surface area contributed by atoms with E-state index in [9.17, 15) is 4.79 Å². The second-order valence-corrected chi connectivity index (χ2v) is 4.92. The van der Waals surface area contributed by atoms with Crippen molar-refractivity contribution < 1.29 is 14.3 Å². The van der Waals surface area contributed by atoms with Crippen molar-refractivity contribution in [3.05, 3.63) is 35.9 Å². The van der Waals surface area contributed by atoms with Crippen molar-refractivity contribution in [2.75, 3.05) is 40.0 Å². The number of urea groups is 1. The van der Waals surface area contributed by atoms with Crippen molar-refractivity contribution in [1.82, 2.24) is 10.2 Å². The van der Waals surface area contributed by atoms with Crippen LogP contribution >= 0.6 is 0 Å². The Morgan fingerprint density at radius 2 is 2.15 bits per heavy atom. The van der Waals surface area contributed by atoms with Gasteiger partial charge in [-0.15, -0.1) is 0 Å². The number of carbonyl (C=O) groups excluding carboxylic acids is 1. The number of hydrogen-bond donors (Lipinski definition) is 1. The quantitative estimate of drug-likeness (QED) is 0.883. The van der Waals surface area contributed by atoms with E-state index in [2.05, 4.69) is 17.4 Å². The van der Waals surface area contributed by atoms with Gasteiger partial charge in [0.2, 0.25) is 0 Å². The second-order valence-electron chi connectivity index (χ2n) is 4.92. The van der Waals surface area contributed by atoms with Crippen LogP contribution in [-0.2, 0) is 15.9 Å². The Bertz CT molecular complexity index is 405. The number of ether oxygens (including phenoxy) is 2. The van der Waals surface area contributed by atoms with Gasteiger partial charge in [0.05, 0.1) is 32.5 Å². The maximum absolute atomic E-state index is 11.9. The molecule has 1 fully saturated rings. The van der Waals surface area contributed by atoms with Gasteiger partial charge in [-0.05, 0) is 12.0 Å². The Hall–Kier alpha value is -1.59. The number of carbonyl (C=O) groups is 1. The third kappa shape index (κ3) is 4.83. The van der Waals surface area contributed by atoms with Gasteiger partial charge in [-0.25, -0.2) is 4.79 Å². The molecule has 1 aliphatic heterocycles. The van der Waals surface area contributed by atoms with Crippen LogP contribution in [-0.4, -0.2) is 57.0 Å². The summed E-state index contributed by atoms with van der Waals surface area (Å²) >= 11 is 0. The van der Waals surface area contributed by atoms with Crippen LogP contribution in [0.15, 0.2) is 30.3 Å². The molecule has 1 aromatic rings. The molecule has 1 N–H and O–H groups in total. The van der Waals surface area contributed by atoms with E-state index in [4.69, 9.17) is 9.47 Å². The molecular weight excluding hydrogens is 256 g/mol. The molecular formula is C15H22N2O3. The fourth-order valence-electron chi connectivity index (χ4n) is 2.12. The van der Waals surface area contributed by atoms with E-state index in [1.165, 1.54) is 5.56 Å². The predicted octanol–water partition coefficient (Wildman–Crippen LogP) is 1.29. The number of likely N-dealkylation sites (N-methyl/N-ethyl adjacent to an activating group) is 1. The summed E-state index contributed by atoms with van der Waals surface area (Å²) in [4.78, 5) is 13.6. The molecule has 0 spiro atoms. The summed E-state index contributed by atoms with van der Waals surface area (Å²) in [6.07, 6.45) is 0.817.